The van der Waals surface area contributed by atoms with Gasteiger partial charge in [-0.15, -0.1) is 0 Å². The van der Waals surface area contributed by atoms with Crippen molar-refractivity contribution in [1.29, 1.82) is 0 Å². The Kier molecular flexibility index (Phi) is 6.92. The second kappa shape index (κ2) is 9.49. The number of methoxy groups -OCH3 is 1. The Balaban J connectivity index is 1.55. The van der Waals surface area contributed by atoms with Crippen molar-refractivity contribution in [2.75, 3.05) is 32.2 Å². The Morgan fingerprint density at radius 3 is 2.71 bits per heavy atom. The van der Waals surface area contributed by atoms with E-state index in [4.69, 9.17) is 16.3 Å². The van der Waals surface area contributed by atoms with E-state index in [-0.39, 0.29) is 29.3 Å². The first-order valence-electron chi connectivity index (χ1n) is 10.6. The molecule has 1 amide bonds. The van der Waals surface area contributed by atoms with E-state index in [1.807, 2.05) is 12.3 Å². The van der Waals surface area contributed by atoms with E-state index in [2.05, 4.69) is 28.4 Å². The number of hydrogen-bond donors (Lipinski definition) is 1. The molecule has 1 fully saturated rings. The van der Waals surface area contributed by atoms with Gasteiger partial charge in [0, 0.05) is 24.1 Å². The zero-order chi connectivity index (χ0) is 22.0. The van der Waals surface area contributed by atoms with Crippen LogP contribution in [0.2, 0.25) is 5.02 Å². The van der Waals surface area contributed by atoms with Crippen LogP contribution in [0.5, 0.6) is 0 Å². The van der Waals surface area contributed by atoms with Gasteiger partial charge in [0.2, 0.25) is 5.91 Å². The van der Waals surface area contributed by atoms with Crippen molar-refractivity contribution in [1.82, 2.24) is 10.2 Å². The maximum Gasteiger partial charge on any atom is 0.230 e. The van der Waals surface area contributed by atoms with Gasteiger partial charge in [-0.3, -0.25) is 9.69 Å². The number of thioether (sulfide) groups is 1. The molecule has 31 heavy (non-hydrogen) atoms. The highest BCUT2D eigenvalue weighted by atomic mass is 35.5. The van der Waals surface area contributed by atoms with E-state index in [0.717, 1.165) is 31.5 Å². The summed E-state index contributed by atoms with van der Waals surface area (Å²) in [7, 11) is 1.75. The molecule has 7 heteroatoms. The van der Waals surface area contributed by atoms with Crippen molar-refractivity contribution >= 4 is 29.3 Å². The molecule has 0 aromatic heterocycles. The van der Waals surface area contributed by atoms with Gasteiger partial charge in [-0.2, -0.15) is 11.8 Å². The predicted octanol–water partition coefficient (Wildman–Crippen LogP) is 4.56. The molecule has 1 aliphatic heterocycles. The van der Waals surface area contributed by atoms with E-state index in [1.54, 1.807) is 13.2 Å². The number of fused-ring (bicyclic) bond motifs is 2. The molecule has 1 N–H and O–H groups in total. The second-order valence-corrected chi connectivity index (χ2v) is 9.66. The van der Waals surface area contributed by atoms with Crippen molar-refractivity contribution in [2.24, 2.45) is 0 Å². The average molecular weight is 463 g/mol. The highest BCUT2D eigenvalue weighted by Gasteiger charge is 2.53. The third-order valence-corrected chi connectivity index (χ3v) is 7.59. The summed E-state index contributed by atoms with van der Waals surface area (Å²) in [6, 6.07) is 12.9. The summed E-state index contributed by atoms with van der Waals surface area (Å²) in [6.07, 6.45) is 3.68. The minimum absolute atomic E-state index is 0.0368. The van der Waals surface area contributed by atoms with Crippen LogP contribution in [0.15, 0.2) is 42.5 Å². The molecule has 1 aliphatic carbocycles. The van der Waals surface area contributed by atoms with E-state index in [0.29, 0.717) is 17.3 Å². The Morgan fingerprint density at radius 1 is 1.29 bits per heavy atom. The number of nitrogens with one attached hydrogen (secondary N) is 1. The number of halogens is 2. The number of ether oxygens (including phenoxy) is 1. The van der Waals surface area contributed by atoms with Crippen LogP contribution >= 0.6 is 23.4 Å². The maximum atomic E-state index is 13.4. The zero-order valence-electron chi connectivity index (χ0n) is 17.9. The van der Waals surface area contributed by atoms with E-state index >= 15 is 0 Å². The Hall–Kier alpha value is -1.60. The van der Waals surface area contributed by atoms with Gasteiger partial charge in [-0.1, -0.05) is 41.9 Å². The second-order valence-electron chi connectivity index (χ2n) is 8.39. The van der Waals surface area contributed by atoms with Gasteiger partial charge >= 0.3 is 0 Å². The summed E-state index contributed by atoms with van der Waals surface area (Å²) in [6.45, 7) is 2.46. The SMILES string of the molecule is CO[C@@H]1[C@@H](NC(=O)CSC)c2ccccc2C12CCN(Cc1ccc(F)cc1Cl)CC2. The lowest BCUT2D eigenvalue weighted by molar-refractivity contribution is -0.121. The van der Waals surface area contributed by atoms with Crippen molar-refractivity contribution in [3.05, 3.63) is 70.0 Å². The van der Waals surface area contributed by atoms with Crippen molar-refractivity contribution in [3.8, 4) is 0 Å². The minimum atomic E-state index is -0.314. The van der Waals surface area contributed by atoms with Gasteiger partial charge in [-0.05, 0) is 61.0 Å². The van der Waals surface area contributed by atoms with E-state index in [9.17, 15) is 9.18 Å². The molecular weight excluding hydrogens is 435 g/mol. The molecule has 4 nitrogen and oxygen atoms in total. The van der Waals surface area contributed by atoms with Crippen molar-refractivity contribution in [3.63, 3.8) is 0 Å². The summed E-state index contributed by atoms with van der Waals surface area (Å²) in [4.78, 5) is 14.8. The van der Waals surface area contributed by atoms with Crippen LogP contribution in [0.4, 0.5) is 4.39 Å². The number of rotatable bonds is 6. The van der Waals surface area contributed by atoms with E-state index in [1.165, 1.54) is 35.0 Å². The smallest absolute Gasteiger partial charge is 0.230 e. The first-order valence-corrected chi connectivity index (χ1v) is 12.3. The molecule has 1 spiro atoms. The number of nitrogens with zero attached hydrogens (tertiary/aromatic N) is 1. The van der Waals surface area contributed by atoms with Crippen LogP contribution in [-0.2, 0) is 21.5 Å². The Morgan fingerprint density at radius 2 is 2.03 bits per heavy atom. The molecule has 4 rings (SSSR count). The molecule has 2 aromatic rings. The quantitative estimate of drug-likeness (QED) is 0.683. The molecule has 1 heterocycles. The fourth-order valence-electron chi connectivity index (χ4n) is 5.27. The molecule has 1 saturated heterocycles. The summed E-state index contributed by atoms with van der Waals surface area (Å²) < 4.78 is 19.4. The number of amides is 1. The lowest BCUT2D eigenvalue weighted by atomic mass is 9.72. The number of benzene rings is 2. The summed E-state index contributed by atoms with van der Waals surface area (Å²) >= 11 is 7.77. The summed E-state index contributed by atoms with van der Waals surface area (Å²) in [5.41, 5.74) is 3.26. The molecule has 2 aliphatic rings. The third kappa shape index (κ3) is 4.36. The van der Waals surface area contributed by atoms with Gasteiger partial charge in [0.05, 0.1) is 17.9 Å². The van der Waals surface area contributed by atoms with Crippen LogP contribution in [0, 0.1) is 5.82 Å². The molecule has 0 saturated carbocycles. The monoisotopic (exact) mass is 462 g/mol. The van der Waals surface area contributed by atoms with Gasteiger partial charge in [0.15, 0.2) is 0 Å². The maximum absolute atomic E-state index is 13.4. The topological polar surface area (TPSA) is 41.6 Å². The largest absolute Gasteiger partial charge is 0.378 e. The Bertz CT molecular complexity index is 949. The molecule has 0 unspecified atom stereocenters. The van der Waals surface area contributed by atoms with Gasteiger partial charge in [0.1, 0.15) is 5.82 Å². The number of carbonyl (C=O) groups excluding carboxylic acids is 1. The third-order valence-electron chi connectivity index (χ3n) is 6.68. The number of carbonyl (C=O) groups is 1. The standard InChI is InChI=1S/C24H28ClFN2O2S/c1-30-23-22(27-21(29)15-31-2)18-5-3-4-6-19(18)24(23)9-11-28(12-10-24)14-16-7-8-17(26)13-20(16)25/h3-8,13,22-23H,9-12,14-15H2,1-2H3,(H,27,29)/t22-,23+/m0/s1. The number of hydrogen-bond acceptors (Lipinski definition) is 4. The lowest BCUT2D eigenvalue weighted by Crippen LogP contribution is -2.50. The fourth-order valence-corrected chi connectivity index (χ4v) is 5.85. The molecule has 2 atom stereocenters. The molecular formula is C24H28ClFN2O2S. The summed E-state index contributed by atoms with van der Waals surface area (Å²) in [5.74, 6) is 0.162. The summed E-state index contributed by atoms with van der Waals surface area (Å²) in [5, 5.41) is 3.69. The normalized spacial score (nSPS) is 22.5. The van der Waals surface area contributed by atoms with Crippen LogP contribution in [-0.4, -0.2) is 49.1 Å². The molecule has 166 valence electrons. The van der Waals surface area contributed by atoms with Crippen LogP contribution < -0.4 is 5.32 Å². The highest BCUT2D eigenvalue weighted by molar-refractivity contribution is 7.99. The van der Waals surface area contributed by atoms with Crippen molar-refractivity contribution < 1.29 is 13.9 Å². The van der Waals surface area contributed by atoms with Crippen molar-refractivity contribution in [2.45, 2.75) is 36.9 Å². The average Bonchev–Trinajstić information content (AvgIpc) is 3.01. The highest BCUT2D eigenvalue weighted by Crippen LogP contribution is 2.52. The van der Waals surface area contributed by atoms with Crippen LogP contribution in [0.1, 0.15) is 35.6 Å². The van der Waals surface area contributed by atoms with Crippen LogP contribution in [0.3, 0.4) is 0 Å². The lowest BCUT2D eigenvalue weighted by Gasteiger charge is -2.44. The first kappa shape index (κ1) is 22.6. The molecule has 0 bridgehead atoms. The van der Waals surface area contributed by atoms with Gasteiger partial charge in [0.25, 0.3) is 0 Å². The molecule has 2 aromatic carbocycles. The Labute approximate surface area is 192 Å². The number of likely N-dealkylation sites (tertiary alicyclic amines) is 1. The molecule has 0 radical (unpaired) electrons. The zero-order valence-corrected chi connectivity index (χ0v) is 19.4. The van der Waals surface area contributed by atoms with Gasteiger partial charge < -0.3 is 10.1 Å². The van der Waals surface area contributed by atoms with E-state index < -0.39 is 0 Å². The number of piperidine rings is 1. The fraction of sp³-hybridized carbons (Fsp3) is 0.458. The minimum Gasteiger partial charge on any atom is -0.378 e. The first-order chi connectivity index (χ1) is 15.0. The van der Waals surface area contributed by atoms with Crippen LogP contribution in [0.25, 0.3) is 0 Å². The predicted molar refractivity (Wildman–Crippen MR) is 124 cm³/mol. The van der Waals surface area contributed by atoms with Gasteiger partial charge in [-0.25, -0.2) is 4.39 Å².